The molecule has 108 valence electrons. The lowest BCUT2D eigenvalue weighted by Crippen LogP contribution is -2.57. The van der Waals surface area contributed by atoms with E-state index >= 15 is 0 Å². The van der Waals surface area contributed by atoms with Gasteiger partial charge in [0, 0.05) is 32.5 Å². The highest BCUT2D eigenvalue weighted by Crippen LogP contribution is 2.29. The van der Waals surface area contributed by atoms with Crippen LogP contribution < -0.4 is 5.32 Å². The van der Waals surface area contributed by atoms with Gasteiger partial charge in [-0.2, -0.15) is 0 Å². The largest absolute Gasteiger partial charge is 0.417 e. The first kappa shape index (κ1) is 14.3. The number of aliphatic hydroxyl groups is 1. The Morgan fingerprint density at radius 1 is 1.32 bits per heavy atom. The number of nitrogens with zero attached hydrogens (tertiary/aromatic N) is 1. The Hall–Kier alpha value is -1.14. The quantitative estimate of drug-likeness (QED) is 0.720. The van der Waals surface area contributed by atoms with Crippen LogP contribution in [0.15, 0.2) is 0 Å². The molecule has 19 heavy (non-hydrogen) atoms. The van der Waals surface area contributed by atoms with Gasteiger partial charge < -0.3 is 15.2 Å². The molecular formula is C13H22N2O4. The summed E-state index contributed by atoms with van der Waals surface area (Å²) in [5.41, 5.74) is 0. The molecule has 0 radical (unpaired) electrons. The molecule has 6 nitrogen and oxygen atoms in total. The van der Waals surface area contributed by atoms with Gasteiger partial charge in [-0.15, -0.1) is 0 Å². The predicted molar refractivity (Wildman–Crippen MR) is 68.6 cm³/mol. The number of ketones is 1. The number of rotatable bonds is 2. The van der Waals surface area contributed by atoms with E-state index in [-0.39, 0.29) is 5.78 Å². The molecule has 6 heteroatoms. The smallest absolute Gasteiger partial charge is 0.412 e. The van der Waals surface area contributed by atoms with Gasteiger partial charge in [0.15, 0.2) is 5.78 Å². The van der Waals surface area contributed by atoms with Gasteiger partial charge in [0.2, 0.25) is 5.79 Å². The molecule has 2 N–H and O–H groups in total. The number of amides is 1. The minimum Gasteiger partial charge on any atom is -0.417 e. The molecule has 0 aromatic heterocycles. The van der Waals surface area contributed by atoms with E-state index in [1.165, 1.54) is 11.8 Å². The van der Waals surface area contributed by atoms with Crippen LogP contribution in [-0.2, 0) is 9.53 Å². The molecule has 1 atom stereocenters. The zero-order chi connectivity index (χ0) is 13.9. The van der Waals surface area contributed by atoms with Crippen molar-refractivity contribution in [3.05, 3.63) is 0 Å². The van der Waals surface area contributed by atoms with Crippen molar-refractivity contribution in [1.82, 2.24) is 10.2 Å². The summed E-state index contributed by atoms with van der Waals surface area (Å²) < 4.78 is 5.26. The Morgan fingerprint density at radius 3 is 2.63 bits per heavy atom. The minimum absolute atomic E-state index is 0.0696. The van der Waals surface area contributed by atoms with Gasteiger partial charge in [-0.05, 0) is 19.8 Å². The number of hydrogen-bond acceptors (Lipinski definition) is 5. The lowest BCUT2D eigenvalue weighted by molar-refractivity contribution is -0.188. The molecular weight excluding hydrogens is 248 g/mol. The van der Waals surface area contributed by atoms with Gasteiger partial charge in [0.05, 0.1) is 0 Å². The third-order valence-corrected chi connectivity index (χ3v) is 3.86. The maximum absolute atomic E-state index is 12.2. The SMILES string of the molecule is CC(=O)C1CNCCN1C(=O)OC1(O)CCCCC1. The highest BCUT2D eigenvalue weighted by molar-refractivity contribution is 5.86. The fourth-order valence-electron chi connectivity index (χ4n) is 2.71. The number of carbonyl (C=O) groups is 2. The van der Waals surface area contributed by atoms with E-state index in [0.29, 0.717) is 32.5 Å². The molecule has 1 saturated carbocycles. The lowest BCUT2D eigenvalue weighted by Gasteiger charge is -2.38. The molecule has 1 unspecified atom stereocenters. The normalized spacial score (nSPS) is 26.8. The number of carbonyl (C=O) groups excluding carboxylic acids is 2. The van der Waals surface area contributed by atoms with Crippen LogP contribution in [-0.4, -0.2) is 53.3 Å². The lowest BCUT2D eigenvalue weighted by atomic mass is 9.94. The summed E-state index contributed by atoms with van der Waals surface area (Å²) in [6.07, 6.45) is 3.17. The number of Topliss-reactive ketones (excluding diaryl/α,β-unsaturated/α-hetero) is 1. The molecule has 0 aromatic carbocycles. The standard InChI is InChI=1S/C13H22N2O4/c1-10(16)11-9-14-7-8-15(11)12(17)19-13(18)5-3-2-4-6-13/h11,14,18H,2-9H2,1H3. The Bertz CT molecular complexity index is 353. The van der Waals surface area contributed by atoms with E-state index in [1.807, 2.05) is 0 Å². The van der Waals surface area contributed by atoms with E-state index in [0.717, 1.165) is 19.3 Å². The van der Waals surface area contributed by atoms with Crippen molar-refractivity contribution < 1.29 is 19.4 Å². The first-order chi connectivity index (χ1) is 9.02. The summed E-state index contributed by atoms with van der Waals surface area (Å²) in [7, 11) is 0. The van der Waals surface area contributed by atoms with E-state index in [1.54, 1.807) is 0 Å². The third kappa shape index (κ3) is 3.45. The van der Waals surface area contributed by atoms with Crippen LogP contribution in [0.2, 0.25) is 0 Å². The average Bonchev–Trinajstić information content (AvgIpc) is 2.39. The van der Waals surface area contributed by atoms with Gasteiger partial charge in [0.1, 0.15) is 6.04 Å². The van der Waals surface area contributed by atoms with Crippen LogP contribution in [0.4, 0.5) is 4.79 Å². The maximum atomic E-state index is 12.2. The van der Waals surface area contributed by atoms with Crippen molar-refractivity contribution in [1.29, 1.82) is 0 Å². The van der Waals surface area contributed by atoms with Crippen LogP contribution in [0.1, 0.15) is 39.0 Å². The highest BCUT2D eigenvalue weighted by atomic mass is 16.7. The molecule has 1 heterocycles. The van der Waals surface area contributed by atoms with Crippen molar-refractivity contribution in [3.63, 3.8) is 0 Å². The van der Waals surface area contributed by atoms with Gasteiger partial charge >= 0.3 is 6.09 Å². The number of nitrogens with one attached hydrogen (secondary N) is 1. The highest BCUT2D eigenvalue weighted by Gasteiger charge is 2.38. The van der Waals surface area contributed by atoms with Crippen molar-refractivity contribution in [2.45, 2.75) is 50.9 Å². The van der Waals surface area contributed by atoms with Gasteiger partial charge in [-0.1, -0.05) is 6.42 Å². The van der Waals surface area contributed by atoms with Crippen LogP contribution in [0, 0.1) is 0 Å². The predicted octanol–water partition coefficient (Wildman–Crippen LogP) is 0.638. The first-order valence-corrected chi connectivity index (χ1v) is 6.95. The van der Waals surface area contributed by atoms with Crippen LogP contribution in [0.5, 0.6) is 0 Å². The Morgan fingerprint density at radius 2 is 2.00 bits per heavy atom. The second-order valence-electron chi connectivity index (χ2n) is 5.40. The van der Waals surface area contributed by atoms with E-state index in [4.69, 9.17) is 4.74 Å². The summed E-state index contributed by atoms with van der Waals surface area (Å²) in [5, 5.41) is 13.3. The summed E-state index contributed by atoms with van der Waals surface area (Å²) in [6, 6.07) is -0.492. The maximum Gasteiger partial charge on any atom is 0.412 e. The number of ether oxygens (including phenoxy) is 1. The number of hydrogen-bond donors (Lipinski definition) is 2. The Labute approximate surface area is 113 Å². The molecule has 2 rings (SSSR count). The molecule has 1 aliphatic carbocycles. The summed E-state index contributed by atoms with van der Waals surface area (Å²) in [5.74, 6) is -1.42. The zero-order valence-corrected chi connectivity index (χ0v) is 11.4. The van der Waals surface area contributed by atoms with Crippen LogP contribution >= 0.6 is 0 Å². The van der Waals surface area contributed by atoms with Gasteiger partial charge in [-0.25, -0.2) is 4.79 Å². The Kier molecular flexibility index (Phi) is 4.42. The van der Waals surface area contributed by atoms with Crippen molar-refractivity contribution in [3.8, 4) is 0 Å². The van der Waals surface area contributed by atoms with Crippen molar-refractivity contribution in [2.75, 3.05) is 19.6 Å². The molecule has 1 aliphatic heterocycles. The molecule has 0 bridgehead atoms. The molecule has 2 fully saturated rings. The minimum atomic E-state index is -1.35. The van der Waals surface area contributed by atoms with Crippen LogP contribution in [0.3, 0.4) is 0 Å². The average molecular weight is 270 g/mol. The summed E-state index contributed by atoms with van der Waals surface area (Å²) in [4.78, 5) is 25.1. The van der Waals surface area contributed by atoms with Crippen molar-refractivity contribution in [2.24, 2.45) is 0 Å². The molecule has 1 saturated heterocycles. The zero-order valence-electron chi connectivity index (χ0n) is 11.4. The van der Waals surface area contributed by atoms with E-state index in [9.17, 15) is 14.7 Å². The van der Waals surface area contributed by atoms with Crippen molar-refractivity contribution >= 4 is 11.9 Å². The second-order valence-corrected chi connectivity index (χ2v) is 5.40. The molecule has 1 amide bonds. The first-order valence-electron chi connectivity index (χ1n) is 6.95. The van der Waals surface area contributed by atoms with Crippen LogP contribution in [0.25, 0.3) is 0 Å². The Balaban J connectivity index is 1.99. The monoisotopic (exact) mass is 270 g/mol. The summed E-state index contributed by atoms with van der Waals surface area (Å²) in [6.45, 7) is 2.98. The number of piperazine rings is 1. The molecule has 0 aromatic rings. The topological polar surface area (TPSA) is 78.9 Å². The third-order valence-electron chi connectivity index (χ3n) is 3.86. The fraction of sp³-hybridized carbons (Fsp3) is 0.846. The van der Waals surface area contributed by atoms with E-state index in [2.05, 4.69) is 5.32 Å². The second kappa shape index (κ2) is 5.88. The molecule has 2 aliphatic rings. The fourth-order valence-corrected chi connectivity index (χ4v) is 2.71. The van der Waals surface area contributed by atoms with Gasteiger partial charge in [-0.3, -0.25) is 9.69 Å². The van der Waals surface area contributed by atoms with Gasteiger partial charge in [0.25, 0.3) is 0 Å². The molecule has 0 spiro atoms. The van der Waals surface area contributed by atoms with E-state index < -0.39 is 17.9 Å². The summed E-state index contributed by atoms with van der Waals surface area (Å²) >= 11 is 0.